The van der Waals surface area contributed by atoms with E-state index in [9.17, 15) is 5.11 Å². The van der Waals surface area contributed by atoms with Crippen molar-refractivity contribution in [3.63, 3.8) is 0 Å². The van der Waals surface area contributed by atoms with Crippen molar-refractivity contribution in [1.82, 2.24) is 0 Å². The Hall–Kier alpha value is -1.26. The van der Waals surface area contributed by atoms with E-state index in [0.29, 0.717) is 0 Å². The first-order valence-corrected chi connectivity index (χ1v) is 5.81. The molecule has 0 aliphatic rings. The average Bonchev–Trinajstić information content (AvgIpc) is 2.24. The molecule has 0 aromatic heterocycles. The van der Waals surface area contributed by atoms with E-state index in [1.807, 2.05) is 0 Å². The van der Waals surface area contributed by atoms with Crippen LogP contribution in [0.3, 0.4) is 0 Å². The van der Waals surface area contributed by atoms with Crippen LogP contribution < -0.4 is 0 Å². The molecule has 0 amide bonds. The molecule has 1 rings (SSSR count). The molecule has 0 saturated carbocycles. The summed E-state index contributed by atoms with van der Waals surface area (Å²) in [6.45, 7) is 4.20. The highest BCUT2D eigenvalue weighted by Gasteiger charge is 2.05. The number of aliphatic hydroxyl groups excluding tert-OH is 1. The molecule has 0 spiro atoms. The van der Waals surface area contributed by atoms with E-state index in [1.165, 1.54) is 16.7 Å². The molecule has 1 aromatic carbocycles. The second-order valence-electron chi connectivity index (χ2n) is 4.37. The number of terminal acetylenes is 1. The summed E-state index contributed by atoms with van der Waals surface area (Å²) in [5, 5.41) is 9.82. The lowest BCUT2D eigenvalue weighted by Crippen LogP contribution is -2.10. The van der Waals surface area contributed by atoms with Crippen LogP contribution in [0, 0.1) is 26.2 Å². The standard InChI is InChI=1S/C15H20O/c1-4-5-6-7-15(16)11-14-9-8-12(2)13(3)10-14/h1,8-10,15-16H,5-7,11H2,2-3H3. The van der Waals surface area contributed by atoms with Gasteiger partial charge in [-0.15, -0.1) is 12.3 Å². The third kappa shape index (κ3) is 4.08. The van der Waals surface area contributed by atoms with Gasteiger partial charge in [-0.2, -0.15) is 0 Å². The second-order valence-corrected chi connectivity index (χ2v) is 4.37. The van der Waals surface area contributed by atoms with Crippen LogP contribution in [0.25, 0.3) is 0 Å². The first kappa shape index (κ1) is 12.8. The van der Waals surface area contributed by atoms with Crippen LogP contribution in [0.1, 0.15) is 36.0 Å². The Morgan fingerprint density at radius 3 is 2.69 bits per heavy atom. The second kappa shape index (κ2) is 6.35. The van der Waals surface area contributed by atoms with Gasteiger partial charge < -0.3 is 5.11 Å². The molecule has 0 aliphatic carbocycles. The average molecular weight is 216 g/mol. The van der Waals surface area contributed by atoms with Crippen molar-refractivity contribution in [2.75, 3.05) is 0 Å². The van der Waals surface area contributed by atoms with Crippen molar-refractivity contribution < 1.29 is 5.11 Å². The van der Waals surface area contributed by atoms with E-state index in [2.05, 4.69) is 38.0 Å². The summed E-state index contributed by atoms with van der Waals surface area (Å²) < 4.78 is 0. The van der Waals surface area contributed by atoms with Crippen LogP contribution in [0.4, 0.5) is 0 Å². The molecule has 1 atom stereocenters. The summed E-state index contributed by atoms with van der Waals surface area (Å²) in [4.78, 5) is 0. The van der Waals surface area contributed by atoms with Crippen molar-refractivity contribution in [2.24, 2.45) is 0 Å². The number of unbranched alkanes of at least 4 members (excludes halogenated alkanes) is 1. The highest BCUT2D eigenvalue weighted by atomic mass is 16.3. The molecule has 0 saturated heterocycles. The number of hydrogen-bond acceptors (Lipinski definition) is 1. The lowest BCUT2D eigenvalue weighted by molar-refractivity contribution is 0.162. The van der Waals surface area contributed by atoms with E-state index in [4.69, 9.17) is 6.42 Å². The Labute approximate surface area is 98.5 Å². The smallest absolute Gasteiger partial charge is 0.0580 e. The van der Waals surface area contributed by atoms with Gasteiger partial charge in [-0.05, 0) is 49.8 Å². The normalized spacial score (nSPS) is 12.1. The number of hydrogen-bond donors (Lipinski definition) is 1. The van der Waals surface area contributed by atoms with Crippen molar-refractivity contribution in [3.8, 4) is 12.3 Å². The van der Waals surface area contributed by atoms with Crippen LogP contribution >= 0.6 is 0 Å². The van der Waals surface area contributed by atoms with Crippen molar-refractivity contribution in [1.29, 1.82) is 0 Å². The zero-order chi connectivity index (χ0) is 12.0. The molecular weight excluding hydrogens is 196 g/mol. The first-order chi connectivity index (χ1) is 7.63. The van der Waals surface area contributed by atoms with Crippen molar-refractivity contribution >= 4 is 0 Å². The van der Waals surface area contributed by atoms with Crippen LogP contribution in [-0.2, 0) is 6.42 Å². The quantitative estimate of drug-likeness (QED) is 0.592. The van der Waals surface area contributed by atoms with E-state index in [-0.39, 0.29) is 6.10 Å². The maximum Gasteiger partial charge on any atom is 0.0580 e. The van der Waals surface area contributed by atoms with Gasteiger partial charge in [-0.1, -0.05) is 18.2 Å². The molecule has 1 heteroatoms. The zero-order valence-electron chi connectivity index (χ0n) is 10.2. The van der Waals surface area contributed by atoms with Gasteiger partial charge in [-0.3, -0.25) is 0 Å². The number of aryl methyl sites for hydroxylation is 2. The summed E-state index contributed by atoms with van der Waals surface area (Å²) in [7, 11) is 0. The SMILES string of the molecule is C#CCCCC(O)Cc1ccc(C)c(C)c1. The van der Waals surface area contributed by atoms with Crippen molar-refractivity contribution in [2.45, 2.75) is 45.6 Å². The maximum absolute atomic E-state index is 9.82. The first-order valence-electron chi connectivity index (χ1n) is 5.81. The molecule has 0 heterocycles. The van der Waals surface area contributed by atoms with Crippen LogP contribution in [0.2, 0.25) is 0 Å². The minimum Gasteiger partial charge on any atom is -0.393 e. The largest absolute Gasteiger partial charge is 0.393 e. The molecule has 1 nitrogen and oxygen atoms in total. The van der Waals surface area contributed by atoms with Gasteiger partial charge in [0.15, 0.2) is 0 Å². The van der Waals surface area contributed by atoms with Crippen LogP contribution in [0.5, 0.6) is 0 Å². The number of rotatable bonds is 5. The molecule has 0 bridgehead atoms. The molecular formula is C15H20O. The lowest BCUT2D eigenvalue weighted by Gasteiger charge is -2.11. The third-order valence-electron chi connectivity index (χ3n) is 2.90. The van der Waals surface area contributed by atoms with E-state index < -0.39 is 0 Å². The van der Waals surface area contributed by atoms with Gasteiger partial charge in [0, 0.05) is 6.42 Å². The Kier molecular flexibility index (Phi) is 5.08. The molecule has 1 aromatic rings. The molecule has 0 aliphatic heterocycles. The van der Waals surface area contributed by atoms with Crippen LogP contribution in [-0.4, -0.2) is 11.2 Å². The summed E-state index contributed by atoms with van der Waals surface area (Å²) in [6.07, 6.45) is 8.08. The highest BCUT2D eigenvalue weighted by Crippen LogP contribution is 2.13. The van der Waals surface area contributed by atoms with Gasteiger partial charge >= 0.3 is 0 Å². The topological polar surface area (TPSA) is 20.2 Å². The molecule has 1 unspecified atom stereocenters. The molecule has 0 radical (unpaired) electrons. The highest BCUT2D eigenvalue weighted by molar-refractivity contribution is 5.30. The van der Waals surface area contributed by atoms with Gasteiger partial charge in [-0.25, -0.2) is 0 Å². The van der Waals surface area contributed by atoms with Gasteiger partial charge in [0.25, 0.3) is 0 Å². The Balaban J connectivity index is 2.47. The Morgan fingerprint density at radius 1 is 1.31 bits per heavy atom. The fourth-order valence-electron chi connectivity index (χ4n) is 1.74. The fraction of sp³-hybridized carbons (Fsp3) is 0.467. The van der Waals surface area contributed by atoms with E-state index in [0.717, 1.165) is 25.7 Å². The van der Waals surface area contributed by atoms with Crippen LogP contribution in [0.15, 0.2) is 18.2 Å². The monoisotopic (exact) mass is 216 g/mol. The molecule has 16 heavy (non-hydrogen) atoms. The lowest BCUT2D eigenvalue weighted by atomic mass is 10.00. The number of aliphatic hydroxyl groups is 1. The van der Waals surface area contributed by atoms with Crippen molar-refractivity contribution in [3.05, 3.63) is 34.9 Å². The van der Waals surface area contributed by atoms with E-state index in [1.54, 1.807) is 0 Å². The molecule has 86 valence electrons. The number of benzene rings is 1. The van der Waals surface area contributed by atoms with Gasteiger partial charge in [0.2, 0.25) is 0 Å². The maximum atomic E-state index is 9.82. The zero-order valence-corrected chi connectivity index (χ0v) is 10.2. The predicted molar refractivity (Wildman–Crippen MR) is 68.3 cm³/mol. The predicted octanol–water partition coefficient (Wildman–Crippen LogP) is 3.01. The Morgan fingerprint density at radius 2 is 2.06 bits per heavy atom. The molecule has 1 N–H and O–H groups in total. The summed E-state index contributed by atoms with van der Waals surface area (Å²) in [5.74, 6) is 2.59. The van der Waals surface area contributed by atoms with E-state index >= 15 is 0 Å². The Bertz CT molecular complexity index is 374. The minimum atomic E-state index is -0.268. The molecule has 0 fully saturated rings. The van der Waals surface area contributed by atoms with Gasteiger partial charge in [0.1, 0.15) is 0 Å². The third-order valence-corrected chi connectivity index (χ3v) is 2.90. The fourth-order valence-corrected chi connectivity index (χ4v) is 1.74. The summed E-state index contributed by atoms with van der Waals surface area (Å²) >= 11 is 0. The summed E-state index contributed by atoms with van der Waals surface area (Å²) in [5.41, 5.74) is 3.79. The van der Waals surface area contributed by atoms with Gasteiger partial charge in [0.05, 0.1) is 6.10 Å². The minimum absolute atomic E-state index is 0.268. The summed E-state index contributed by atoms with van der Waals surface area (Å²) in [6, 6.07) is 6.35.